The van der Waals surface area contributed by atoms with E-state index in [4.69, 9.17) is 23.2 Å². The standard InChI is InChI=1S/C17H12Cl2N2O4S/c1-8-4-10(19)6-12-15(8)20-7-14(26(24)25)16(12)21-13-3-2-9(18)5-11(13)17(22)23/h2-7H,1H3,(H,20,21)(H,22,23)(H,24,25). The molecule has 0 radical (unpaired) electrons. The van der Waals surface area contributed by atoms with Crippen molar-refractivity contribution in [3.8, 4) is 0 Å². The summed E-state index contributed by atoms with van der Waals surface area (Å²) in [4.78, 5) is 15.7. The molecule has 3 rings (SSSR count). The average Bonchev–Trinajstić information content (AvgIpc) is 2.56. The molecule has 3 N–H and O–H groups in total. The van der Waals surface area contributed by atoms with E-state index >= 15 is 0 Å². The molecule has 1 unspecified atom stereocenters. The molecule has 0 spiro atoms. The molecule has 0 aliphatic rings. The Bertz CT molecular complexity index is 1070. The molecule has 0 fully saturated rings. The molecule has 1 heterocycles. The van der Waals surface area contributed by atoms with Gasteiger partial charge in [0.15, 0.2) is 11.1 Å². The van der Waals surface area contributed by atoms with Gasteiger partial charge in [-0.3, -0.25) is 4.98 Å². The zero-order valence-electron chi connectivity index (χ0n) is 13.3. The number of nitrogens with one attached hydrogen (secondary N) is 1. The van der Waals surface area contributed by atoms with Crippen LogP contribution in [-0.4, -0.2) is 24.8 Å². The highest BCUT2D eigenvalue weighted by molar-refractivity contribution is 7.79. The third-order valence-electron chi connectivity index (χ3n) is 3.75. The average molecular weight is 411 g/mol. The predicted molar refractivity (Wildman–Crippen MR) is 102 cm³/mol. The van der Waals surface area contributed by atoms with Crippen LogP contribution in [0.4, 0.5) is 11.4 Å². The van der Waals surface area contributed by atoms with Gasteiger partial charge in [-0.2, -0.15) is 0 Å². The highest BCUT2D eigenvalue weighted by Crippen LogP contribution is 2.35. The van der Waals surface area contributed by atoms with Crippen LogP contribution in [0.3, 0.4) is 0 Å². The molecule has 1 atom stereocenters. The molecule has 2 aromatic carbocycles. The van der Waals surface area contributed by atoms with Gasteiger partial charge in [-0.05, 0) is 42.8 Å². The fourth-order valence-electron chi connectivity index (χ4n) is 2.62. The van der Waals surface area contributed by atoms with Crippen molar-refractivity contribution in [2.75, 3.05) is 5.32 Å². The van der Waals surface area contributed by atoms with Crippen molar-refractivity contribution in [1.82, 2.24) is 4.98 Å². The maximum atomic E-state index is 11.8. The summed E-state index contributed by atoms with van der Waals surface area (Å²) < 4.78 is 21.4. The number of rotatable bonds is 4. The van der Waals surface area contributed by atoms with E-state index in [-0.39, 0.29) is 26.9 Å². The number of fused-ring (bicyclic) bond motifs is 1. The van der Waals surface area contributed by atoms with Crippen molar-refractivity contribution >= 4 is 62.5 Å². The number of hydrogen-bond acceptors (Lipinski definition) is 4. The van der Waals surface area contributed by atoms with Gasteiger partial charge >= 0.3 is 5.97 Å². The van der Waals surface area contributed by atoms with E-state index in [2.05, 4.69) is 10.3 Å². The highest BCUT2D eigenvalue weighted by atomic mass is 35.5. The number of nitrogens with zero attached hydrogens (tertiary/aromatic N) is 1. The molecular formula is C17H12Cl2N2O4S. The Morgan fingerprint density at radius 2 is 1.92 bits per heavy atom. The van der Waals surface area contributed by atoms with Crippen molar-refractivity contribution in [2.24, 2.45) is 0 Å². The van der Waals surface area contributed by atoms with Crippen LogP contribution in [0.2, 0.25) is 10.0 Å². The van der Waals surface area contributed by atoms with Crippen LogP contribution in [0.1, 0.15) is 15.9 Å². The maximum Gasteiger partial charge on any atom is 0.337 e. The van der Waals surface area contributed by atoms with Crippen LogP contribution < -0.4 is 5.32 Å². The lowest BCUT2D eigenvalue weighted by molar-refractivity contribution is 0.0698. The summed E-state index contributed by atoms with van der Waals surface area (Å²) in [6.45, 7) is 1.81. The van der Waals surface area contributed by atoms with Gasteiger partial charge in [0.05, 0.1) is 22.5 Å². The second-order valence-electron chi connectivity index (χ2n) is 5.49. The first kappa shape index (κ1) is 18.6. The van der Waals surface area contributed by atoms with E-state index in [9.17, 15) is 18.7 Å². The summed E-state index contributed by atoms with van der Waals surface area (Å²) in [7, 11) is 0. The van der Waals surface area contributed by atoms with Crippen molar-refractivity contribution < 1.29 is 18.7 Å². The van der Waals surface area contributed by atoms with Gasteiger partial charge in [0.1, 0.15) is 4.90 Å². The van der Waals surface area contributed by atoms with Gasteiger partial charge < -0.3 is 15.0 Å². The zero-order chi connectivity index (χ0) is 19.0. The van der Waals surface area contributed by atoms with Gasteiger partial charge in [0.2, 0.25) is 0 Å². The molecule has 0 aliphatic carbocycles. The van der Waals surface area contributed by atoms with E-state index < -0.39 is 17.0 Å². The van der Waals surface area contributed by atoms with Crippen LogP contribution in [-0.2, 0) is 11.1 Å². The first-order valence-corrected chi connectivity index (χ1v) is 9.13. The molecule has 0 saturated carbocycles. The summed E-state index contributed by atoms with van der Waals surface area (Å²) in [6.07, 6.45) is 1.28. The summed E-state index contributed by atoms with van der Waals surface area (Å²) in [5.41, 5.74) is 1.76. The van der Waals surface area contributed by atoms with Crippen LogP contribution >= 0.6 is 23.2 Å². The van der Waals surface area contributed by atoms with Crippen LogP contribution in [0, 0.1) is 6.92 Å². The van der Waals surface area contributed by atoms with Crippen molar-refractivity contribution in [3.63, 3.8) is 0 Å². The lowest BCUT2D eigenvalue weighted by atomic mass is 10.1. The number of aromatic nitrogens is 1. The normalized spacial score (nSPS) is 12.2. The topological polar surface area (TPSA) is 99.5 Å². The van der Waals surface area contributed by atoms with Crippen molar-refractivity contribution in [2.45, 2.75) is 11.8 Å². The third kappa shape index (κ3) is 3.52. The first-order valence-electron chi connectivity index (χ1n) is 7.27. The summed E-state index contributed by atoms with van der Waals surface area (Å²) in [6, 6.07) is 7.63. The molecule has 3 aromatic rings. The van der Waals surface area contributed by atoms with Crippen LogP contribution in [0.15, 0.2) is 41.4 Å². The lowest BCUT2D eigenvalue weighted by Gasteiger charge is -2.16. The predicted octanol–water partition coefficient (Wildman–Crippen LogP) is 4.87. The van der Waals surface area contributed by atoms with E-state index in [0.717, 1.165) is 5.56 Å². The molecule has 9 heteroatoms. The smallest absolute Gasteiger partial charge is 0.337 e. The number of halogens is 2. The molecule has 0 aliphatic heterocycles. The van der Waals surface area contributed by atoms with Gasteiger partial charge in [-0.15, -0.1) is 0 Å². The summed E-state index contributed by atoms with van der Waals surface area (Å²) in [5, 5.41) is 13.5. The fraction of sp³-hybridized carbons (Fsp3) is 0.0588. The Kier molecular flexibility index (Phi) is 5.15. The Labute approximate surface area is 161 Å². The van der Waals surface area contributed by atoms with Crippen molar-refractivity contribution in [3.05, 3.63) is 57.7 Å². The van der Waals surface area contributed by atoms with Gasteiger partial charge in [0, 0.05) is 21.6 Å². The number of hydrogen-bond donors (Lipinski definition) is 3. The molecular weight excluding hydrogens is 399 g/mol. The SMILES string of the molecule is Cc1cc(Cl)cc2c(Nc3ccc(Cl)cc3C(=O)O)c(S(=O)O)cnc12. The molecule has 0 saturated heterocycles. The van der Waals surface area contributed by atoms with E-state index in [1.54, 1.807) is 12.1 Å². The zero-order valence-corrected chi connectivity index (χ0v) is 15.6. The number of anilines is 2. The number of pyridine rings is 1. The largest absolute Gasteiger partial charge is 0.478 e. The Balaban J connectivity index is 2.29. The number of aryl methyl sites for hydroxylation is 1. The van der Waals surface area contributed by atoms with E-state index in [1.807, 2.05) is 6.92 Å². The number of carbonyl (C=O) groups is 1. The van der Waals surface area contributed by atoms with Gasteiger partial charge in [-0.25, -0.2) is 9.00 Å². The molecule has 26 heavy (non-hydrogen) atoms. The minimum Gasteiger partial charge on any atom is -0.478 e. The number of benzene rings is 2. The molecule has 134 valence electrons. The summed E-state index contributed by atoms with van der Waals surface area (Å²) in [5.74, 6) is -1.19. The summed E-state index contributed by atoms with van der Waals surface area (Å²) >= 11 is 9.66. The first-order chi connectivity index (χ1) is 12.3. The quantitative estimate of drug-likeness (QED) is 0.530. The Morgan fingerprint density at radius 3 is 2.58 bits per heavy atom. The lowest BCUT2D eigenvalue weighted by Crippen LogP contribution is -2.06. The van der Waals surface area contributed by atoms with E-state index in [0.29, 0.717) is 15.9 Å². The van der Waals surface area contributed by atoms with Crippen LogP contribution in [0.25, 0.3) is 10.9 Å². The molecule has 6 nitrogen and oxygen atoms in total. The minimum atomic E-state index is -2.35. The number of aromatic carboxylic acids is 1. The third-order valence-corrected chi connectivity index (χ3v) is 4.89. The van der Waals surface area contributed by atoms with Gasteiger partial charge in [-0.1, -0.05) is 23.2 Å². The maximum absolute atomic E-state index is 11.8. The Morgan fingerprint density at radius 1 is 1.19 bits per heavy atom. The molecule has 1 aromatic heterocycles. The molecule has 0 amide bonds. The second-order valence-corrected chi connectivity index (χ2v) is 7.30. The fourth-order valence-corrected chi connectivity index (χ4v) is 3.54. The van der Waals surface area contributed by atoms with Gasteiger partial charge in [0.25, 0.3) is 0 Å². The molecule has 0 bridgehead atoms. The number of carboxylic acid groups (broad SMARTS) is 1. The highest BCUT2D eigenvalue weighted by Gasteiger charge is 2.18. The second kappa shape index (κ2) is 7.20. The Hall–Kier alpha value is -2.19. The monoisotopic (exact) mass is 410 g/mol. The van der Waals surface area contributed by atoms with Crippen LogP contribution in [0.5, 0.6) is 0 Å². The number of carboxylic acids is 1. The van der Waals surface area contributed by atoms with E-state index in [1.165, 1.54) is 24.4 Å². The van der Waals surface area contributed by atoms with Crippen molar-refractivity contribution in [1.29, 1.82) is 0 Å². The minimum absolute atomic E-state index is 0.00505.